The number of aliphatic hydroxyl groups is 2. The van der Waals surface area contributed by atoms with Crippen LogP contribution in [0, 0.1) is 0 Å². The molecule has 0 aliphatic rings. The number of aliphatic hydroxyl groups excluding tert-OH is 2. The fraction of sp³-hybridized carbons (Fsp3) is 0.873. The highest BCUT2D eigenvalue weighted by Gasteiger charge is 2.18. The third-order valence-electron chi connectivity index (χ3n) is 16.1. The Morgan fingerprint density at radius 3 is 0.813 bits per heavy atom. The first-order chi connectivity index (χ1) is 37.2. The van der Waals surface area contributed by atoms with E-state index in [2.05, 4.69) is 55.6 Å². The highest BCUT2D eigenvalue weighted by Crippen LogP contribution is 2.19. The average molecular weight is 1050 g/mol. The molecular weight excluding hydrogens is 915 g/mol. The number of carbonyl (C=O) groups is 1. The minimum Gasteiger partial charge on any atom is -0.394 e. The number of allylic oxidation sites excluding steroid dienone is 7. The predicted molar refractivity (Wildman–Crippen MR) is 336 cm³/mol. The van der Waals surface area contributed by atoms with Crippen LogP contribution in [-0.4, -0.2) is 34.9 Å². The molecule has 0 aromatic heterocycles. The minimum absolute atomic E-state index is 0.0575. The first-order valence-electron chi connectivity index (χ1n) is 34.4. The summed E-state index contributed by atoms with van der Waals surface area (Å²) in [5.41, 5.74) is 0. The summed E-state index contributed by atoms with van der Waals surface area (Å²) in [6.45, 7) is 4.34. The van der Waals surface area contributed by atoms with Crippen molar-refractivity contribution >= 4 is 5.91 Å². The van der Waals surface area contributed by atoms with E-state index in [1.165, 1.54) is 321 Å². The molecule has 0 saturated heterocycles. The molecule has 0 fully saturated rings. The maximum atomic E-state index is 12.5. The summed E-state index contributed by atoms with van der Waals surface area (Å²) >= 11 is 0. The second kappa shape index (κ2) is 66.6. The number of nitrogens with one attached hydrogen (secondary N) is 1. The monoisotopic (exact) mass is 1050 g/mol. The molecule has 0 aliphatic heterocycles. The predicted octanol–water partition coefficient (Wildman–Crippen LogP) is 23.3. The van der Waals surface area contributed by atoms with Gasteiger partial charge in [-0.25, -0.2) is 0 Å². The maximum absolute atomic E-state index is 12.5. The Balaban J connectivity index is 3.44. The van der Waals surface area contributed by atoms with Crippen LogP contribution in [0.5, 0.6) is 0 Å². The third-order valence-corrected chi connectivity index (χ3v) is 16.1. The summed E-state index contributed by atoms with van der Waals surface area (Å²) in [5.74, 6) is -0.0575. The van der Waals surface area contributed by atoms with Crippen LogP contribution in [0.4, 0.5) is 0 Å². The molecule has 3 N–H and O–H groups in total. The van der Waals surface area contributed by atoms with Gasteiger partial charge in [-0.2, -0.15) is 0 Å². The summed E-state index contributed by atoms with van der Waals surface area (Å²) < 4.78 is 0. The Labute approximate surface area is 471 Å². The molecule has 2 unspecified atom stereocenters. The lowest BCUT2D eigenvalue weighted by Crippen LogP contribution is -2.45. The maximum Gasteiger partial charge on any atom is 0.220 e. The average Bonchev–Trinajstić information content (AvgIpc) is 3.41. The van der Waals surface area contributed by atoms with Crippen molar-refractivity contribution in [2.45, 2.75) is 392 Å². The normalized spacial score (nSPS) is 13.0. The van der Waals surface area contributed by atoms with Gasteiger partial charge in [0.1, 0.15) is 0 Å². The van der Waals surface area contributed by atoms with Crippen LogP contribution in [-0.2, 0) is 4.79 Å². The molecule has 2 atom stereocenters. The lowest BCUT2D eigenvalue weighted by Gasteiger charge is -2.20. The van der Waals surface area contributed by atoms with E-state index in [0.717, 1.165) is 38.5 Å². The fourth-order valence-electron chi connectivity index (χ4n) is 10.8. The summed E-state index contributed by atoms with van der Waals surface area (Å²) in [4.78, 5) is 12.5. The first kappa shape index (κ1) is 73.3. The number of hydrogen-bond acceptors (Lipinski definition) is 3. The largest absolute Gasteiger partial charge is 0.394 e. The molecule has 0 radical (unpaired) electrons. The summed E-state index contributed by atoms with van der Waals surface area (Å²) in [6.07, 6.45) is 93.3. The molecule has 4 nitrogen and oxygen atoms in total. The number of unbranched alkanes of at least 4 members (excludes halogenated alkanes) is 51. The molecule has 0 aliphatic carbocycles. The lowest BCUT2D eigenvalue weighted by atomic mass is 10.0. The van der Waals surface area contributed by atoms with E-state index < -0.39 is 12.1 Å². The fourth-order valence-corrected chi connectivity index (χ4v) is 10.8. The zero-order valence-electron chi connectivity index (χ0n) is 51.1. The second-order valence-electron chi connectivity index (χ2n) is 23.6. The van der Waals surface area contributed by atoms with E-state index in [0.29, 0.717) is 6.42 Å². The molecule has 0 spiro atoms. The van der Waals surface area contributed by atoms with E-state index in [1.807, 2.05) is 6.08 Å². The molecule has 1 amide bonds. The molecular formula is C71H135NO3. The van der Waals surface area contributed by atoms with Crippen molar-refractivity contribution in [3.8, 4) is 0 Å². The van der Waals surface area contributed by atoms with Crippen molar-refractivity contribution in [1.29, 1.82) is 0 Å². The standard InChI is InChI=1S/C71H135NO3/c1-3-5-7-9-11-13-15-17-19-21-23-25-27-29-31-33-35-36-37-39-41-43-45-47-49-51-53-55-57-59-61-63-65-67-71(75)72-69(68-73)70(74)66-64-62-60-58-56-54-52-50-48-46-44-42-40-38-34-32-30-28-26-24-22-20-18-16-14-12-10-8-6-4-2/h15,17,21,23,27,29,64,66,69-70,73-74H,3-14,16,18-20,22,24-26,28,30-63,65,67-68H2,1-2H3,(H,72,75)/b17-15-,23-21-,29-27-,66-64+. The van der Waals surface area contributed by atoms with E-state index in [-0.39, 0.29) is 12.5 Å². The Kier molecular flexibility index (Phi) is 65.2. The van der Waals surface area contributed by atoms with Gasteiger partial charge >= 0.3 is 0 Å². The second-order valence-corrected chi connectivity index (χ2v) is 23.6. The quantitative estimate of drug-likeness (QED) is 0.0420. The highest BCUT2D eigenvalue weighted by atomic mass is 16.3. The van der Waals surface area contributed by atoms with E-state index in [9.17, 15) is 15.0 Å². The minimum atomic E-state index is -0.841. The third kappa shape index (κ3) is 63.1. The summed E-state index contributed by atoms with van der Waals surface area (Å²) in [7, 11) is 0. The van der Waals surface area contributed by atoms with E-state index >= 15 is 0 Å². The van der Waals surface area contributed by atoms with Crippen LogP contribution < -0.4 is 5.32 Å². The first-order valence-corrected chi connectivity index (χ1v) is 34.4. The van der Waals surface area contributed by atoms with Crippen molar-refractivity contribution in [1.82, 2.24) is 5.32 Å². The Morgan fingerprint density at radius 2 is 0.547 bits per heavy atom. The molecule has 442 valence electrons. The van der Waals surface area contributed by atoms with Crippen molar-refractivity contribution in [2.75, 3.05) is 6.61 Å². The van der Waals surface area contributed by atoms with Gasteiger partial charge in [0.05, 0.1) is 18.8 Å². The number of rotatable bonds is 64. The van der Waals surface area contributed by atoms with Gasteiger partial charge in [0, 0.05) is 6.42 Å². The smallest absolute Gasteiger partial charge is 0.220 e. The molecule has 75 heavy (non-hydrogen) atoms. The molecule has 0 rings (SSSR count). The molecule has 0 saturated carbocycles. The van der Waals surface area contributed by atoms with Crippen molar-refractivity contribution in [3.63, 3.8) is 0 Å². The molecule has 0 aromatic rings. The van der Waals surface area contributed by atoms with Crippen LogP contribution in [0.15, 0.2) is 48.6 Å². The Morgan fingerprint density at radius 1 is 0.320 bits per heavy atom. The number of hydrogen-bond donors (Lipinski definition) is 3. The van der Waals surface area contributed by atoms with Crippen LogP contribution >= 0.6 is 0 Å². The summed E-state index contributed by atoms with van der Waals surface area (Å²) in [5, 5.41) is 23.3. The zero-order valence-corrected chi connectivity index (χ0v) is 51.1. The zero-order chi connectivity index (χ0) is 54.1. The van der Waals surface area contributed by atoms with Gasteiger partial charge < -0.3 is 15.5 Å². The van der Waals surface area contributed by atoms with Crippen molar-refractivity contribution in [3.05, 3.63) is 48.6 Å². The van der Waals surface area contributed by atoms with Gasteiger partial charge in [-0.05, 0) is 57.8 Å². The van der Waals surface area contributed by atoms with Crippen LogP contribution in [0.1, 0.15) is 380 Å². The summed E-state index contributed by atoms with van der Waals surface area (Å²) in [6, 6.07) is -0.624. The van der Waals surface area contributed by atoms with Crippen LogP contribution in [0.25, 0.3) is 0 Å². The molecule has 0 heterocycles. The Bertz CT molecular complexity index is 1190. The van der Waals surface area contributed by atoms with Crippen molar-refractivity contribution < 1.29 is 15.0 Å². The van der Waals surface area contributed by atoms with Gasteiger partial charge in [0.15, 0.2) is 0 Å². The SMILES string of the molecule is CCCCCCC/C=C\C/C=C\C/C=C\CCCCCCCCCCCCCCCCCCCCC(=O)NC(CO)C(O)/C=C/CCCCCCCCCCCCCCCCCCCCCCCCCCCCCC. The molecule has 0 aromatic carbocycles. The van der Waals surface area contributed by atoms with Gasteiger partial charge in [-0.3, -0.25) is 4.79 Å². The van der Waals surface area contributed by atoms with Gasteiger partial charge in [0.25, 0.3) is 0 Å². The molecule has 0 bridgehead atoms. The van der Waals surface area contributed by atoms with Crippen LogP contribution in [0.3, 0.4) is 0 Å². The van der Waals surface area contributed by atoms with E-state index in [1.54, 1.807) is 6.08 Å². The number of carbonyl (C=O) groups excluding carboxylic acids is 1. The topological polar surface area (TPSA) is 69.6 Å². The van der Waals surface area contributed by atoms with Gasteiger partial charge in [-0.15, -0.1) is 0 Å². The molecule has 4 heteroatoms. The van der Waals surface area contributed by atoms with Gasteiger partial charge in [0.2, 0.25) is 5.91 Å². The lowest BCUT2D eigenvalue weighted by molar-refractivity contribution is -0.123. The Hall–Kier alpha value is -1.65. The van der Waals surface area contributed by atoms with E-state index in [4.69, 9.17) is 0 Å². The van der Waals surface area contributed by atoms with Crippen molar-refractivity contribution in [2.24, 2.45) is 0 Å². The number of amides is 1. The highest BCUT2D eigenvalue weighted by molar-refractivity contribution is 5.76. The van der Waals surface area contributed by atoms with Crippen LogP contribution in [0.2, 0.25) is 0 Å². The van der Waals surface area contributed by atoms with Gasteiger partial charge in [-0.1, -0.05) is 364 Å².